The zero-order valence-electron chi connectivity index (χ0n) is 13.8. The topological polar surface area (TPSA) is 58.6 Å². The van der Waals surface area contributed by atoms with Crippen molar-refractivity contribution in [1.82, 2.24) is 4.72 Å². The van der Waals surface area contributed by atoms with Crippen LogP contribution >= 0.6 is 15.9 Å². The van der Waals surface area contributed by atoms with Crippen LogP contribution in [0.25, 0.3) is 0 Å². The highest BCUT2D eigenvalue weighted by molar-refractivity contribution is 9.10. The fourth-order valence-corrected chi connectivity index (χ4v) is 4.80. The molecule has 1 heterocycles. The number of sulfonamides is 1. The molecule has 0 bridgehead atoms. The molecule has 134 valence electrons. The quantitative estimate of drug-likeness (QED) is 0.774. The van der Waals surface area contributed by atoms with Gasteiger partial charge in [0.2, 0.25) is 10.0 Å². The Bertz CT molecular complexity index is 803. The van der Waals surface area contributed by atoms with E-state index < -0.39 is 10.0 Å². The molecule has 1 aliphatic heterocycles. The predicted octanol–water partition coefficient (Wildman–Crippen LogP) is 2.81. The van der Waals surface area contributed by atoms with Crippen LogP contribution in [0.5, 0.6) is 0 Å². The van der Waals surface area contributed by atoms with Gasteiger partial charge in [-0.2, -0.15) is 0 Å². The van der Waals surface area contributed by atoms with E-state index >= 15 is 0 Å². The Kier molecular flexibility index (Phi) is 6.11. The smallest absolute Gasteiger partial charge is 0.241 e. The summed E-state index contributed by atoms with van der Waals surface area (Å²) < 4.78 is 33.3. The minimum Gasteiger partial charge on any atom is -0.378 e. The first-order valence-electron chi connectivity index (χ1n) is 8.22. The van der Waals surface area contributed by atoms with E-state index in [1.54, 1.807) is 24.3 Å². The van der Waals surface area contributed by atoms with Gasteiger partial charge in [0.1, 0.15) is 0 Å². The number of ether oxygens (including phenoxy) is 1. The van der Waals surface area contributed by atoms with Crippen LogP contribution < -0.4 is 9.62 Å². The van der Waals surface area contributed by atoms with Crippen molar-refractivity contribution in [2.75, 3.05) is 37.7 Å². The van der Waals surface area contributed by atoms with Gasteiger partial charge in [0.25, 0.3) is 0 Å². The lowest BCUT2D eigenvalue weighted by atomic mass is 10.1. The van der Waals surface area contributed by atoms with Crippen LogP contribution in [0.4, 0.5) is 5.69 Å². The van der Waals surface area contributed by atoms with Gasteiger partial charge >= 0.3 is 0 Å². The summed E-state index contributed by atoms with van der Waals surface area (Å²) >= 11 is 3.28. The third kappa shape index (κ3) is 4.82. The second-order valence-corrected chi connectivity index (χ2v) is 8.43. The lowest BCUT2D eigenvalue weighted by molar-refractivity contribution is 0.122. The van der Waals surface area contributed by atoms with Crippen molar-refractivity contribution < 1.29 is 13.2 Å². The Morgan fingerprint density at radius 1 is 1.04 bits per heavy atom. The molecular weight excluding hydrogens is 404 g/mol. The van der Waals surface area contributed by atoms with Gasteiger partial charge in [-0.3, -0.25) is 0 Å². The molecule has 0 radical (unpaired) electrons. The number of hydrogen-bond acceptors (Lipinski definition) is 4. The van der Waals surface area contributed by atoms with Gasteiger partial charge in [-0.15, -0.1) is 0 Å². The van der Waals surface area contributed by atoms with Crippen LogP contribution in [-0.2, 0) is 21.2 Å². The van der Waals surface area contributed by atoms with Crippen molar-refractivity contribution in [2.45, 2.75) is 11.3 Å². The molecule has 1 fully saturated rings. The number of anilines is 1. The van der Waals surface area contributed by atoms with Gasteiger partial charge in [0.05, 0.1) is 18.1 Å². The Morgan fingerprint density at radius 2 is 1.72 bits per heavy atom. The first-order valence-corrected chi connectivity index (χ1v) is 10.5. The molecule has 25 heavy (non-hydrogen) atoms. The SMILES string of the molecule is O=S(=O)(NCCc1ccc(N2CCOCC2)cc1)c1ccccc1Br. The number of benzene rings is 2. The maximum Gasteiger partial charge on any atom is 0.241 e. The van der Waals surface area contributed by atoms with Gasteiger partial charge in [-0.05, 0) is 52.2 Å². The average Bonchev–Trinajstić information content (AvgIpc) is 2.63. The van der Waals surface area contributed by atoms with Crippen LogP contribution in [0.1, 0.15) is 5.56 Å². The van der Waals surface area contributed by atoms with Crippen molar-refractivity contribution in [1.29, 1.82) is 0 Å². The second-order valence-electron chi connectivity index (χ2n) is 5.84. The number of hydrogen-bond donors (Lipinski definition) is 1. The first kappa shape index (κ1) is 18.4. The van der Waals surface area contributed by atoms with E-state index in [1.165, 1.54) is 5.69 Å². The lowest BCUT2D eigenvalue weighted by Gasteiger charge is -2.28. The van der Waals surface area contributed by atoms with E-state index in [0.29, 0.717) is 17.4 Å². The Hall–Kier alpha value is -1.41. The van der Waals surface area contributed by atoms with Gasteiger partial charge in [-0.25, -0.2) is 13.1 Å². The summed E-state index contributed by atoms with van der Waals surface area (Å²) in [4.78, 5) is 2.56. The Balaban J connectivity index is 1.56. The van der Waals surface area contributed by atoms with Gasteiger partial charge in [0.15, 0.2) is 0 Å². The zero-order chi connectivity index (χ0) is 17.7. The molecule has 0 amide bonds. The van der Waals surface area contributed by atoms with Crippen LogP contribution in [0.15, 0.2) is 57.9 Å². The molecule has 2 aromatic rings. The lowest BCUT2D eigenvalue weighted by Crippen LogP contribution is -2.36. The highest BCUT2D eigenvalue weighted by Gasteiger charge is 2.16. The first-order chi connectivity index (χ1) is 12.1. The van der Waals surface area contributed by atoms with Crippen molar-refractivity contribution in [3.05, 3.63) is 58.6 Å². The monoisotopic (exact) mass is 424 g/mol. The number of morpholine rings is 1. The number of rotatable bonds is 6. The molecule has 0 atom stereocenters. The van der Waals surface area contributed by atoms with E-state index in [1.807, 2.05) is 0 Å². The zero-order valence-corrected chi connectivity index (χ0v) is 16.2. The predicted molar refractivity (Wildman–Crippen MR) is 103 cm³/mol. The molecule has 7 heteroatoms. The second kappa shape index (κ2) is 8.31. The molecule has 1 N–H and O–H groups in total. The van der Waals surface area contributed by atoms with Crippen LogP contribution in [0.2, 0.25) is 0 Å². The molecule has 1 aliphatic rings. The summed E-state index contributed by atoms with van der Waals surface area (Å²) in [6.07, 6.45) is 0.646. The molecule has 0 saturated carbocycles. The molecule has 0 aromatic heterocycles. The maximum absolute atomic E-state index is 12.3. The highest BCUT2D eigenvalue weighted by Crippen LogP contribution is 2.21. The largest absolute Gasteiger partial charge is 0.378 e. The summed E-state index contributed by atoms with van der Waals surface area (Å²) in [6.45, 7) is 3.70. The van der Waals surface area contributed by atoms with Crippen LogP contribution in [-0.4, -0.2) is 41.3 Å². The fraction of sp³-hybridized carbons (Fsp3) is 0.333. The standard InChI is InChI=1S/C18H21BrN2O3S/c19-17-3-1-2-4-18(17)25(22,23)20-10-9-15-5-7-16(8-6-15)21-11-13-24-14-12-21/h1-8,20H,9-14H2. The normalized spacial score (nSPS) is 15.3. The number of nitrogens with zero attached hydrogens (tertiary/aromatic N) is 1. The minimum absolute atomic E-state index is 0.262. The van der Waals surface area contributed by atoms with Gasteiger partial charge in [0, 0.05) is 29.8 Å². The van der Waals surface area contributed by atoms with E-state index in [0.717, 1.165) is 31.9 Å². The van der Waals surface area contributed by atoms with Crippen molar-refractivity contribution in [2.24, 2.45) is 0 Å². The van der Waals surface area contributed by atoms with Gasteiger partial charge < -0.3 is 9.64 Å². The number of halogens is 1. The summed E-state index contributed by atoms with van der Waals surface area (Å²) in [7, 11) is -3.51. The van der Waals surface area contributed by atoms with E-state index in [9.17, 15) is 8.42 Å². The van der Waals surface area contributed by atoms with E-state index in [4.69, 9.17) is 4.74 Å². The van der Waals surface area contributed by atoms with E-state index in [2.05, 4.69) is 49.8 Å². The van der Waals surface area contributed by atoms with Crippen molar-refractivity contribution >= 4 is 31.6 Å². The summed E-state index contributed by atoms with van der Waals surface area (Å²) in [5, 5.41) is 0. The van der Waals surface area contributed by atoms with Crippen LogP contribution in [0, 0.1) is 0 Å². The van der Waals surface area contributed by atoms with E-state index in [-0.39, 0.29) is 4.90 Å². The molecule has 5 nitrogen and oxygen atoms in total. The number of nitrogens with one attached hydrogen (secondary N) is 1. The minimum atomic E-state index is -3.51. The molecule has 2 aromatic carbocycles. The molecule has 3 rings (SSSR count). The third-order valence-electron chi connectivity index (χ3n) is 4.14. The summed E-state index contributed by atoms with van der Waals surface area (Å²) in [5.74, 6) is 0. The van der Waals surface area contributed by atoms with Gasteiger partial charge in [-0.1, -0.05) is 24.3 Å². The summed E-state index contributed by atoms with van der Waals surface area (Å²) in [5.41, 5.74) is 2.28. The molecular formula is C18H21BrN2O3S. The fourth-order valence-electron chi connectivity index (χ4n) is 2.77. The Morgan fingerprint density at radius 3 is 2.40 bits per heavy atom. The third-order valence-corrected chi connectivity index (χ3v) is 6.62. The van der Waals surface area contributed by atoms with Crippen molar-refractivity contribution in [3.63, 3.8) is 0 Å². The molecule has 0 spiro atoms. The summed E-state index contributed by atoms with van der Waals surface area (Å²) in [6, 6.07) is 15.1. The maximum atomic E-state index is 12.3. The molecule has 0 unspecified atom stereocenters. The average molecular weight is 425 g/mol. The van der Waals surface area contributed by atoms with Crippen molar-refractivity contribution in [3.8, 4) is 0 Å². The highest BCUT2D eigenvalue weighted by atomic mass is 79.9. The molecule has 0 aliphatic carbocycles. The molecule has 1 saturated heterocycles. The van der Waals surface area contributed by atoms with Crippen LogP contribution in [0.3, 0.4) is 0 Å². The Labute approximate surface area is 157 Å².